The number of nitrogens with two attached hydrogens (primary N) is 1. The summed E-state index contributed by atoms with van der Waals surface area (Å²) in [6, 6.07) is 5.80. The van der Waals surface area contributed by atoms with Crippen molar-refractivity contribution in [2.75, 3.05) is 11.4 Å². The second-order valence-electron chi connectivity index (χ2n) is 3.05. The number of hydrogen-bond acceptors (Lipinski definition) is 2. The van der Waals surface area contributed by atoms with Crippen LogP contribution >= 0.6 is 0 Å². The average Bonchev–Trinajstić information content (AvgIpc) is 2.85. The Labute approximate surface area is 74.9 Å². The molecule has 1 atom stereocenters. The molecule has 0 bridgehead atoms. The molecule has 2 rings (SSSR count). The van der Waals surface area contributed by atoms with Crippen molar-refractivity contribution in [2.45, 2.75) is 6.04 Å². The van der Waals surface area contributed by atoms with Gasteiger partial charge in [-0.25, -0.2) is 4.39 Å². The van der Waals surface area contributed by atoms with E-state index in [0.717, 1.165) is 5.69 Å². The summed E-state index contributed by atoms with van der Waals surface area (Å²) in [5.74, 6) is -0.606. The van der Waals surface area contributed by atoms with Crippen LogP contribution in [0, 0.1) is 5.82 Å². The molecule has 13 heavy (non-hydrogen) atoms. The minimum absolute atomic E-state index is 0.203. The van der Waals surface area contributed by atoms with Gasteiger partial charge in [-0.15, -0.1) is 0 Å². The molecule has 0 radical (unpaired) electrons. The maximum Gasteiger partial charge on any atom is 0.241 e. The van der Waals surface area contributed by atoms with Gasteiger partial charge in [0.15, 0.2) is 0 Å². The highest BCUT2D eigenvalue weighted by atomic mass is 19.1. The molecule has 1 aromatic rings. The summed E-state index contributed by atoms with van der Waals surface area (Å²) in [5.41, 5.74) is 5.94. The Morgan fingerprint density at radius 3 is 2.54 bits per heavy atom. The summed E-state index contributed by atoms with van der Waals surface area (Å²) in [7, 11) is 0. The fourth-order valence-electron chi connectivity index (χ4n) is 1.30. The molecule has 0 saturated carbocycles. The van der Waals surface area contributed by atoms with Crippen LogP contribution in [0.5, 0.6) is 0 Å². The van der Waals surface area contributed by atoms with Crippen LogP contribution in [-0.2, 0) is 4.79 Å². The fraction of sp³-hybridized carbons (Fsp3) is 0.222. The van der Waals surface area contributed by atoms with E-state index < -0.39 is 0 Å². The molecule has 2 N–H and O–H groups in total. The Morgan fingerprint density at radius 2 is 2.08 bits per heavy atom. The van der Waals surface area contributed by atoms with Crippen molar-refractivity contribution in [1.82, 2.24) is 0 Å². The highest BCUT2D eigenvalue weighted by Gasteiger charge is 2.38. The van der Waals surface area contributed by atoms with E-state index in [9.17, 15) is 9.18 Å². The van der Waals surface area contributed by atoms with Crippen molar-refractivity contribution in [3.8, 4) is 0 Å². The quantitative estimate of drug-likeness (QED) is 0.673. The minimum atomic E-state index is -0.329. The molecule has 1 aromatic carbocycles. The minimum Gasteiger partial charge on any atom is -0.368 e. The van der Waals surface area contributed by atoms with Crippen molar-refractivity contribution in [3.63, 3.8) is 0 Å². The topological polar surface area (TPSA) is 46.1 Å². The largest absolute Gasteiger partial charge is 0.368 e. The molecule has 0 unspecified atom stereocenters. The van der Waals surface area contributed by atoms with E-state index in [2.05, 4.69) is 0 Å². The Morgan fingerprint density at radius 1 is 1.46 bits per heavy atom. The molecule has 1 heterocycles. The first-order valence-corrected chi connectivity index (χ1v) is 4.00. The molecule has 0 spiro atoms. The van der Waals surface area contributed by atoms with E-state index in [1.165, 1.54) is 12.1 Å². The van der Waals surface area contributed by atoms with Crippen molar-refractivity contribution in [1.29, 1.82) is 0 Å². The smallest absolute Gasteiger partial charge is 0.241 e. The predicted molar refractivity (Wildman–Crippen MR) is 46.7 cm³/mol. The number of amides is 1. The number of halogens is 1. The summed E-state index contributed by atoms with van der Waals surface area (Å²) in [6.45, 7) is 0.640. The van der Waals surface area contributed by atoms with E-state index in [4.69, 9.17) is 5.73 Å². The third kappa shape index (κ3) is 1.47. The van der Waals surface area contributed by atoms with E-state index in [-0.39, 0.29) is 17.8 Å². The Bertz CT molecular complexity index is 336. The maximum atomic E-state index is 12.5. The zero-order chi connectivity index (χ0) is 9.42. The Balaban J connectivity index is 2.12. The standard InChI is InChI=1S/C9H9FN2O/c10-6-1-3-7(4-2-6)12-5-8(12)9(11)13/h1-4,8H,5H2,(H2,11,13)/t8-,12?/m0/s1. The SMILES string of the molecule is NC(=O)[C@@H]1CN1c1ccc(F)cc1. The molecule has 68 valence electrons. The number of anilines is 1. The molecule has 0 aromatic heterocycles. The number of benzene rings is 1. The van der Waals surface area contributed by atoms with Gasteiger partial charge in [0.1, 0.15) is 11.9 Å². The van der Waals surface area contributed by atoms with Gasteiger partial charge in [-0.3, -0.25) is 4.79 Å². The normalized spacial score (nSPS) is 20.1. The van der Waals surface area contributed by atoms with E-state index in [1.807, 2.05) is 4.90 Å². The summed E-state index contributed by atoms with van der Waals surface area (Å²) >= 11 is 0. The average molecular weight is 180 g/mol. The number of primary amides is 1. The van der Waals surface area contributed by atoms with Gasteiger partial charge in [-0.2, -0.15) is 0 Å². The molecule has 1 fully saturated rings. The molecule has 0 aliphatic carbocycles. The lowest BCUT2D eigenvalue weighted by molar-refractivity contribution is -0.117. The van der Waals surface area contributed by atoms with Crippen LogP contribution in [0.2, 0.25) is 0 Å². The summed E-state index contributed by atoms with van der Waals surface area (Å²) in [6.07, 6.45) is 0. The van der Waals surface area contributed by atoms with Gasteiger partial charge in [-0.05, 0) is 24.3 Å². The van der Waals surface area contributed by atoms with Crippen molar-refractivity contribution in [3.05, 3.63) is 30.1 Å². The number of carbonyl (C=O) groups excluding carboxylic acids is 1. The van der Waals surface area contributed by atoms with Crippen LogP contribution in [0.1, 0.15) is 0 Å². The first kappa shape index (κ1) is 8.04. The van der Waals surface area contributed by atoms with Crippen molar-refractivity contribution < 1.29 is 9.18 Å². The summed E-state index contributed by atoms with van der Waals surface area (Å²) < 4.78 is 12.5. The van der Waals surface area contributed by atoms with E-state index >= 15 is 0 Å². The zero-order valence-corrected chi connectivity index (χ0v) is 6.90. The first-order chi connectivity index (χ1) is 6.18. The molecular weight excluding hydrogens is 171 g/mol. The number of rotatable bonds is 2. The maximum absolute atomic E-state index is 12.5. The monoisotopic (exact) mass is 180 g/mol. The lowest BCUT2D eigenvalue weighted by Gasteiger charge is -2.02. The second-order valence-corrected chi connectivity index (χ2v) is 3.05. The summed E-state index contributed by atoms with van der Waals surface area (Å²) in [5, 5.41) is 0. The lowest BCUT2D eigenvalue weighted by Crippen LogP contribution is -2.21. The Kier molecular flexibility index (Phi) is 1.69. The Hall–Kier alpha value is -1.58. The van der Waals surface area contributed by atoms with Crippen LogP contribution in [-0.4, -0.2) is 18.5 Å². The summed E-state index contributed by atoms with van der Waals surface area (Å²) in [4.78, 5) is 12.5. The number of hydrogen-bond donors (Lipinski definition) is 1. The van der Waals surface area contributed by atoms with Gasteiger partial charge in [0.25, 0.3) is 0 Å². The molecular formula is C9H9FN2O. The fourth-order valence-corrected chi connectivity index (χ4v) is 1.30. The van der Waals surface area contributed by atoms with Crippen LogP contribution in [0.15, 0.2) is 24.3 Å². The third-order valence-corrected chi connectivity index (χ3v) is 2.10. The second kappa shape index (κ2) is 2.73. The van der Waals surface area contributed by atoms with Gasteiger partial charge in [0.05, 0.1) is 0 Å². The molecule has 1 amide bonds. The van der Waals surface area contributed by atoms with Gasteiger partial charge in [0.2, 0.25) is 5.91 Å². The van der Waals surface area contributed by atoms with Gasteiger partial charge in [0, 0.05) is 12.2 Å². The van der Waals surface area contributed by atoms with Crippen LogP contribution in [0.4, 0.5) is 10.1 Å². The van der Waals surface area contributed by atoms with E-state index in [0.29, 0.717) is 6.54 Å². The molecule has 1 aliphatic rings. The van der Waals surface area contributed by atoms with Gasteiger partial charge < -0.3 is 10.6 Å². The lowest BCUT2D eigenvalue weighted by atomic mass is 10.3. The van der Waals surface area contributed by atoms with Crippen LogP contribution in [0.25, 0.3) is 0 Å². The van der Waals surface area contributed by atoms with E-state index in [1.54, 1.807) is 12.1 Å². The van der Waals surface area contributed by atoms with Gasteiger partial charge in [-0.1, -0.05) is 0 Å². The molecule has 3 nitrogen and oxygen atoms in total. The third-order valence-electron chi connectivity index (χ3n) is 2.10. The molecule has 1 aliphatic heterocycles. The first-order valence-electron chi connectivity index (χ1n) is 4.00. The van der Waals surface area contributed by atoms with Crippen molar-refractivity contribution >= 4 is 11.6 Å². The van der Waals surface area contributed by atoms with Crippen molar-refractivity contribution in [2.24, 2.45) is 5.73 Å². The highest BCUT2D eigenvalue weighted by Crippen LogP contribution is 2.27. The zero-order valence-electron chi connectivity index (χ0n) is 6.90. The molecule has 1 saturated heterocycles. The van der Waals surface area contributed by atoms with Crippen LogP contribution in [0.3, 0.4) is 0 Å². The number of carbonyl (C=O) groups is 1. The van der Waals surface area contributed by atoms with Crippen LogP contribution < -0.4 is 10.6 Å². The predicted octanol–water partition coefficient (Wildman–Crippen LogP) is 0.500. The number of nitrogens with zero attached hydrogens (tertiary/aromatic N) is 1. The molecule has 4 heteroatoms. The highest BCUT2D eigenvalue weighted by molar-refractivity contribution is 5.89. The van der Waals surface area contributed by atoms with Gasteiger partial charge >= 0.3 is 0 Å².